The van der Waals surface area contributed by atoms with E-state index in [2.05, 4.69) is 22.4 Å². The molecule has 0 unspecified atom stereocenters. The molecule has 0 aromatic carbocycles. The van der Waals surface area contributed by atoms with E-state index in [0.29, 0.717) is 5.92 Å². The monoisotopic (exact) mass is 222 g/mol. The van der Waals surface area contributed by atoms with Crippen molar-refractivity contribution in [3.8, 4) is 0 Å². The fourth-order valence-corrected chi connectivity index (χ4v) is 2.05. The summed E-state index contributed by atoms with van der Waals surface area (Å²) in [5.41, 5.74) is 0. The van der Waals surface area contributed by atoms with Crippen LogP contribution in [0.1, 0.15) is 70.0 Å². The van der Waals surface area contributed by atoms with Gasteiger partial charge in [0, 0.05) is 12.5 Å². The minimum atomic E-state index is 0.662. The van der Waals surface area contributed by atoms with Gasteiger partial charge < -0.3 is 0 Å². The number of rotatable bonds is 8. The van der Waals surface area contributed by atoms with Crippen molar-refractivity contribution in [3.05, 3.63) is 5.82 Å². The molecule has 0 N–H and O–H groups in total. The summed E-state index contributed by atoms with van der Waals surface area (Å²) in [6.45, 7) is 3.26. The predicted octanol–water partition coefficient (Wildman–Crippen LogP) is 2.91. The Morgan fingerprint density at radius 1 is 1.12 bits per heavy atom. The van der Waals surface area contributed by atoms with E-state index in [4.69, 9.17) is 0 Å². The molecule has 90 valence electrons. The minimum Gasteiger partial charge on any atom is -0.229 e. The summed E-state index contributed by atoms with van der Waals surface area (Å²) in [4.78, 5) is 0. The summed E-state index contributed by atoms with van der Waals surface area (Å²) in [5, 5.41) is 12.0. The van der Waals surface area contributed by atoms with E-state index < -0.39 is 0 Å². The van der Waals surface area contributed by atoms with Gasteiger partial charge in [0.2, 0.25) is 0 Å². The van der Waals surface area contributed by atoms with Gasteiger partial charge in [-0.1, -0.05) is 39.0 Å². The van der Waals surface area contributed by atoms with Crippen molar-refractivity contribution >= 4 is 0 Å². The minimum absolute atomic E-state index is 0.662. The standard InChI is InChI=1S/C12H22N4/c1-2-3-4-5-6-7-10-16-12(11-8-9-11)13-14-15-16/h11H,2-10H2,1H3. The summed E-state index contributed by atoms with van der Waals surface area (Å²) in [7, 11) is 0. The van der Waals surface area contributed by atoms with Crippen molar-refractivity contribution in [1.29, 1.82) is 0 Å². The van der Waals surface area contributed by atoms with Crippen molar-refractivity contribution < 1.29 is 0 Å². The summed E-state index contributed by atoms with van der Waals surface area (Å²) in [6, 6.07) is 0. The molecule has 2 rings (SSSR count). The Morgan fingerprint density at radius 3 is 2.62 bits per heavy atom. The van der Waals surface area contributed by atoms with E-state index in [1.807, 2.05) is 4.68 Å². The first kappa shape index (κ1) is 11.6. The SMILES string of the molecule is CCCCCCCCn1nnnc1C1CC1. The first-order valence-corrected chi connectivity index (χ1v) is 6.68. The molecule has 0 aliphatic heterocycles. The highest BCUT2D eigenvalue weighted by Crippen LogP contribution is 2.38. The summed E-state index contributed by atoms with van der Waals surface area (Å²) < 4.78 is 2.01. The average Bonchev–Trinajstić information content (AvgIpc) is 3.04. The molecule has 0 bridgehead atoms. The van der Waals surface area contributed by atoms with E-state index in [1.54, 1.807) is 0 Å². The van der Waals surface area contributed by atoms with Crippen LogP contribution in [0.3, 0.4) is 0 Å². The van der Waals surface area contributed by atoms with Crippen molar-refractivity contribution in [3.63, 3.8) is 0 Å². The zero-order valence-corrected chi connectivity index (χ0v) is 10.2. The smallest absolute Gasteiger partial charge is 0.154 e. The Balaban J connectivity index is 1.63. The third kappa shape index (κ3) is 3.29. The van der Waals surface area contributed by atoms with E-state index in [-0.39, 0.29) is 0 Å². The van der Waals surface area contributed by atoms with Gasteiger partial charge in [-0.3, -0.25) is 0 Å². The summed E-state index contributed by atoms with van der Waals surface area (Å²) >= 11 is 0. The van der Waals surface area contributed by atoms with Crippen LogP contribution in [-0.4, -0.2) is 20.2 Å². The number of aromatic nitrogens is 4. The van der Waals surface area contributed by atoms with Crippen molar-refractivity contribution in [2.75, 3.05) is 0 Å². The zero-order valence-electron chi connectivity index (χ0n) is 10.2. The second kappa shape index (κ2) is 5.97. The number of hydrogen-bond acceptors (Lipinski definition) is 3. The molecule has 0 atom stereocenters. The van der Waals surface area contributed by atoms with E-state index in [0.717, 1.165) is 12.4 Å². The molecule has 0 radical (unpaired) electrons. The molecule has 0 spiro atoms. The van der Waals surface area contributed by atoms with E-state index in [1.165, 1.54) is 51.4 Å². The number of hydrogen-bond donors (Lipinski definition) is 0. The zero-order chi connectivity index (χ0) is 11.2. The van der Waals surface area contributed by atoms with Gasteiger partial charge in [0.1, 0.15) is 0 Å². The van der Waals surface area contributed by atoms with Gasteiger partial charge in [-0.05, 0) is 29.7 Å². The maximum Gasteiger partial charge on any atom is 0.154 e. The molecular weight excluding hydrogens is 200 g/mol. The third-order valence-electron chi connectivity index (χ3n) is 3.23. The average molecular weight is 222 g/mol. The van der Waals surface area contributed by atoms with E-state index in [9.17, 15) is 0 Å². The number of tetrazole rings is 1. The summed E-state index contributed by atoms with van der Waals surface area (Å²) in [6.07, 6.45) is 10.5. The Morgan fingerprint density at radius 2 is 1.88 bits per heavy atom. The lowest BCUT2D eigenvalue weighted by molar-refractivity contribution is 0.503. The highest BCUT2D eigenvalue weighted by atomic mass is 15.5. The van der Waals surface area contributed by atoms with Crippen LogP contribution < -0.4 is 0 Å². The molecule has 1 saturated carbocycles. The lowest BCUT2D eigenvalue weighted by Gasteiger charge is -2.03. The quantitative estimate of drug-likeness (QED) is 0.635. The predicted molar refractivity (Wildman–Crippen MR) is 63.2 cm³/mol. The fourth-order valence-electron chi connectivity index (χ4n) is 2.05. The number of unbranched alkanes of at least 4 members (excludes halogenated alkanes) is 5. The van der Waals surface area contributed by atoms with Crippen LogP contribution in [-0.2, 0) is 6.54 Å². The lowest BCUT2D eigenvalue weighted by atomic mass is 10.1. The molecule has 4 heteroatoms. The molecule has 1 aromatic heterocycles. The van der Waals surface area contributed by atoms with Crippen LogP contribution in [0.5, 0.6) is 0 Å². The van der Waals surface area contributed by atoms with Gasteiger partial charge in [0.15, 0.2) is 5.82 Å². The maximum absolute atomic E-state index is 4.11. The van der Waals surface area contributed by atoms with Gasteiger partial charge in [-0.15, -0.1) is 5.10 Å². The number of aryl methyl sites for hydroxylation is 1. The Labute approximate surface area is 97.4 Å². The van der Waals surface area contributed by atoms with Crippen molar-refractivity contribution in [2.45, 2.75) is 70.8 Å². The Bertz CT molecular complexity index is 304. The first-order chi connectivity index (χ1) is 7.92. The van der Waals surface area contributed by atoms with Crippen LogP contribution in [0.4, 0.5) is 0 Å². The largest absolute Gasteiger partial charge is 0.229 e. The van der Waals surface area contributed by atoms with Crippen LogP contribution in [0.2, 0.25) is 0 Å². The second-order valence-corrected chi connectivity index (χ2v) is 4.80. The second-order valence-electron chi connectivity index (χ2n) is 4.80. The Hall–Kier alpha value is -0.930. The molecular formula is C12H22N4. The van der Waals surface area contributed by atoms with E-state index >= 15 is 0 Å². The highest BCUT2D eigenvalue weighted by molar-refractivity contribution is 5.02. The molecule has 4 nitrogen and oxygen atoms in total. The van der Waals surface area contributed by atoms with Crippen LogP contribution in [0.15, 0.2) is 0 Å². The van der Waals surface area contributed by atoms with Crippen LogP contribution in [0.25, 0.3) is 0 Å². The van der Waals surface area contributed by atoms with Gasteiger partial charge in [-0.25, -0.2) is 4.68 Å². The van der Waals surface area contributed by atoms with Crippen molar-refractivity contribution in [2.24, 2.45) is 0 Å². The van der Waals surface area contributed by atoms with Gasteiger partial charge >= 0.3 is 0 Å². The fraction of sp³-hybridized carbons (Fsp3) is 0.917. The molecule has 16 heavy (non-hydrogen) atoms. The molecule has 0 amide bonds. The molecule has 1 heterocycles. The van der Waals surface area contributed by atoms with Gasteiger partial charge in [-0.2, -0.15) is 0 Å². The van der Waals surface area contributed by atoms with Gasteiger partial charge in [0.05, 0.1) is 0 Å². The van der Waals surface area contributed by atoms with Gasteiger partial charge in [0.25, 0.3) is 0 Å². The number of nitrogens with zero attached hydrogens (tertiary/aromatic N) is 4. The molecule has 1 aliphatic rings. The molecule has 1 aliphatic carbocycles. The Kier molecular flexibility index (Phi) is 4.31. The highest BCUT2D eigenvalue weighted by Gasteiger charge is 2.29. The van der Waals surface area contributed by atoms with Crippen molar-refractivity contribution in [1.82, 2.24) is 20.2 Å². The normalized spacial score (nSPS) is 15.6. The third-order valence-corrected chi connectivity index (χ3v) is 3.23. The molecule has 1 fully saturated rings. The topological polar surface area (TPSA) is 43.6 Å². The molecule has 0 saturated heterocycles. The molecule has 1 aromatic rings. The maximum atomic E-state index is 4.11. The summed E-state index contributed by atoms with van der Waals surface area (Å²) in [5.74, 6) is 1.78. The lowest BCUT2D eigenvalue weighted by Crippen LogP contribution is -2.05. The van der Waals surface area contributed by atoms with Crippen LogP contribution in [0, 0.1) is 0 Å². The first-order valence-electron chi connectivity index (χ1n) is 6.68. The van der Waals surface area contributed by atoms with Crippen LogP contribution >= 0.6 is 0 Å².